The third kappa shape index (κ3) is 18.8. The number of methoxy groups -OCH3 is 1. The van der Waals surface area contributed by atoms with E-state index in [1.54, 1.807) is 36.4 Å². The van der Waals surface area contributed by atoms with Gasteiger partial charge in [0.1, 0.15) is 105 Å². The summed E-state index contributed by atoms with van der Waals surface area (Å²) in [5.41, 5.74) is 1.78. The lowest BCUT2D eigenvalue weighted by molar-refractivity contribution is -0.0192. The molecule has 0 amide bonds. The summed E-state index contributed by atoms with van der Waals surface area (Å²) in [6.07, 6.45) is -8.00. The lowest BCUT2D eigenvalue weighted by atomic mass is 9.93. The van der Waals surface area contributed by atoms with Gasteiger partial charge in [0.15, 0.2) is 122 Å². The minimum atomic E-state index is -1.18. The SMILES string of the molecule is COc1ccc([C@H]2Oc3cc(O)cc(O)c3C[C@H]2OC(=O)c2cc(O)c(O)c(O)c2)cc1.O=C(O[C@@H]1Cc2c(O)cc(O)cc2O[C@@H]1c1cc(O)c(O)c(O)c1)c1cc(O)c(O)c(O)c1.O=C(O[C@@H]1Cc2c(O)cc(O)cc2O[C@@H]1c1ccc(O)c(O)c1)c1cc(O)c(O)c(O)c1.O=C(O[C@@H]1Cc2c(O)cc(O)cc2O[C@@H]1c1ccc(O)cc1)c1cc(O)c(O)c(O)c1. The summed E-state index contributed by atoms with van der Waals surface area (Å²) in [5, 5.41) is 254. The molecular formula is C89H74O39. The Kier molecular flexibility index (Phi) is 24.6. The topological polar surface area (TPSA) is 677 Å². The van der Waals surface area contributed by atoms with E-state index in [0.717, 1.165) is 84.9 Å². The van der Waals surface area contributed by atoms with Crippen LogP contribution >= 0.6 is 0 Å². The van der Waals surface area contributed by atoms with Crippen LogP contribution < -0.4 is 23.7 Å². The quantitative estimate of drug-likeness (QED) is 0.0290. The first-order valence-corrected chi connectivity index (χ1v) is 37.6. The molecule has 8 atom stereocenters. The minimum Gasteiger partial charge on any atom is -0.508 e. The first kappa shape index (κ1) is 88.1. The predicted octanol–water partition coefficient (Wildman–Crippen LogP) is 10.7. The molecule has 4 aliphatic rings. The minimum absolute atomic E-state index is 0.0267. The zero-order chi connectivity index (χ0) is 92.5. The normalized spacial score (nSPS) is 17.2. The average Bonchev–Trinajstić information content (AvgIpc) is 0.785. The average molecular weight is 1770 g/mol. The third-order valence-corrected chi connectivity index (χ3v) is 20.3. The van der Waals surface area contributed by atoms with Crippen LogP contribution in [-0.4, -0.2) is 188 Å². The molecule has 0 aromatic heterocycles. The fourth-order valence-electron chi connectivity index (χ4n) is 14.0. The van der Waals surface area contributed by atoms with Crippen LogP contribution in [0.5, 0.6) is 178 Å². The largest absolute Gasteiger partial charge is 0.508 e. The van der Waals surface area contributed by atoms with E-state index in [1.807, 2.05) is 0 Å². The molecule has 26 N–H and O–H groups in total. The Hall–Kier alpha value is -17.7. The molecule has 4 aliphatic heterocycles. The van der Waals surface area contributed by atoms with Crippen molar-refractivity contribution in [1.29, 1.82) is 0 Å². The summed E-state index contributed by atoms with van der Waals surface area (Å²) in [7, 11) is 1.53. The maximum Gasteiger partial charge on any atom is 0.338 e. The van der Waals surface area contributed by atoms with Crippen LogP contribution in [0.3, 0.4) is 0 Å². The number of rotatable bonds is 13. The van der Waals surface area contributed by atoms with Gasteiger partial charge in [-0.2, -0.15) is 0 Å². The molecule has 664 valence electrons. The fourth-order valence-corrected chi connectivity index (χ4v) is 14.0. The maximum atomic E-state index is 12.8. The third-order valence-electron chi connectivity index (χ3n) is 20.3. The van der Waals surface area contributed by atoms with Crippen molar-refractivity contribution in [1.82, 2.24) is 0 Å². The van der Waals surface area contributed by atoms with E-state index in [4.69, 9.17) is 42.6 Å². The van der Waals surface area contributed by atoms with Crippen LogP contribution in [0.4, 0.5) is 0 Å². The molecule has 0 saturated carbocycles. The number of hydrogen-bond donors (Lipinski definition) is 26. The van der Waals surface area contributed by atoms with Gasteiger partial charge in [-0.25, -0.2) is 19.2 Å². The lowest BCUT2D eigenvalue weighted by Gasteiger charge is -2.34. The maximum absolute atomic E-state index is 12.8. The summed E-state index contributed by atoms with van der Waals surface area (Å²) in [4.78, 5) is 50.9. The molecule has 39 heteroatoms. The van der Waals surface area contributed by atoms with Crippen molar-refractivity contribution >= 4 is 23.9 Å². The summed E-state index contributed by atoms with van der Waals surface area (Å²) >= 11 is 0. The molecule has 128 heavy (non-hydrogen) atoms. The van der Waals surface area contributed by atoms with Crippen LogP contribution in [0.2, 0.25) is 0 Å². The van der Waals surface area contributed by atoms with Crippen molar-refractivity contribution in [3.05, 3.63) is 243 Å². The van der Waals surface area contributed by atoms with Gasteiger partial charge in [-0.1, -0.05) is 30.3 Å². The number of carbonyl (C=O) groups is 4. The van der Waals surface area contributed by atoms with E-state index in [2.05, 4.69) is 0 Å². The number of esters is 4. The summed E-state index contributed by atoms with van der Waals surface area (Å²) < 4.78 is 50.9. The van der Waals surface area contributed by atoms with Crippen molar-refractivity contribution in [3.8, 4) is 178 Å². The Morgan fingerprint density at radius 2 is 0.461 bits per heavy atom. The van der Waals surface area contributed by atoms with Gasteiger partial charge in [-0.05, 0) is 108 Å². The van der Waals surface area contributed by atoms with Gasteiger partial charge in [0.2, 0.25) is 0 Å². The second-order valence-corrected chi connectivity index (χ2v) is 29.0. The fraction of sp³-hybridized carbons (Fsp3) is 0.146. The number of fused-ring (bicyclic) bond motifs is 4. The second kappa shape index (κ2) is 35.8. The number of hydrogen-bond acceptors (Lipinski definition) is 39. The summed E-state index contributed by atoms with van der Waals surface area (Å²) in [6, 6.07) is 36.0. The standard InChI is InChI=1S/C23H20O9.C22H18O11.C22H18O10.C22H18O9/c1-30-14-4-2-11(3-5-14)22-20(10-15-16(25)8-13(24)9-19(15)31-22)32-23(29)12-6-17(26)21(28)18(27)7-12;23-10-5-12(24)11-7-18(33-22(31)9-3-15(27)20(30)16(28)4-9)21(32-17(11)6-10)8-1-13(25)19(29)14(26)2-8;23-11-6-14(25)12-8-19(32-22(30)10-4-16(27)20(29)17(28)5-10)21(31-18(12)7-11)9-1-2-13(24)15(26)3-9;23-12-3-1-10(2-4-12)21-19(9-14-15(25)7-13(24)8-18(14)30-21)31-22(29)11-5-16(26)20(28)17(27)6-11/h2-9,20,22,24-28H,10H2,1H3;1-6,18,21,23-30H,7H2;1-7,19,21,23-29H,8H2;1-8,19,21,23-28H,9H2/t20-,22-;18-,21-;2*19-,21-/m1111/s1. The Morgan fingerprint density at radius 3 is 0.719 bits per heavy atom. The second-order valence-electron chi connectivity index (χ2n) is 29.0. The number of ether oxygens (including phenoxy) is 9. The first-order valence-electron chi connectivity index (χ1n) is 37.6. The summed E-state index contributed by atoms with van der Waals surface area (Å²) in [5.74, 6) is -16.3. The molecule has 16 rings (SSSR count). The highest BCUT2D eigenvalue weighted by Crippen LogP contribution is 2.52. The Morgan fingerprint density at radius 1 is 0.234 bits per heavy atom. The molecule has 0 unspecified atom stereocenters. The number of carbonyl (C=O) groups excluding carboxylic acids is 4. The van der Waals surface area contributed by atoms with Crippen molar-refractivity contribution in [2.24, 2.45) is 0 Å². The molecule has 0 radical (unpaired) electrons. The van der Waals surface area contributed by atoms with Gasteiger partial charge in [-0.3, -0.25) is 0 Å². The molecule has 12 aromatic rings. The number of phenolic OH excluding ortho intramolecular Hbond substituents is 26. The summed E-state index contributed by atoms with van der Waals surface area (Å²) in [6.45, 7) is 0. The van der Waals surface area contributed by atoms with E-state index in [0.29, 0.717) is 33.6 Å². The van der Waals surface area contributed by atoms with E-state index in [9.17, 15) is 152 Å². The van der Waals surface area contributed by atoms with Crippen LogP contribution in [0, 0.1) is 0 Å². The highest BCUT2D eigenvalue weighted by Gasteiger charge is 2.43. The van der Waals surface area contributed by atoms with E-state index in [1.165, 1.54) is 61.7 Å². The van der Waals surface area contributed by atoms with Gasteiger partial charge in [0, 0.05) is 108 Å². The lowest BCUT2D eigenvalue weighted by Crippen LogP contribution is -2.34. The van der Waals surface area contributed by atoms with Crippen molar-refractivity contribution in [2.75, 3.05) is 7.11 Å². The first-order chi connectivity index (χ1) is 60.7. The van der Waals surface area contributed by atoms with Crippen molar-refractivity contribution in [3.63, 3.8) is 0 Å². The Labute approximate surface area is 718 Å². The van der Waals surface area contributed by atoms with Crippen LogP contribution in [0.15, 0.2) is 176 Å². The highest BCUT2D eigenvalue weighted by molar-refractivity contribution is 5.93. The van der Waals surface area contributed by atoms with Gasteiger partial charge >= 0.3 is 23.9 Å². The van der Waals surface area contributed by atoms with Gasteiger partial charge in [-0.15, -0.1) is 0 Å². The van der Waals surface area contributed by atoms with Gasteiger partial charge in [0.25, 0.3) is 0 Å². The van der Waals surface area contributed by atoms with Crippen molar-refractivity contribution in [2.45, 2.75) is 74.5 Å². The van der Waals surface area contributed by atoms with E-state index >= 15 is 0 Å². The molecule has 12 aromatic carbocycles. The zero-order valence-electron chi connectivity index (χ0n) is 65.6. The van der Waals surface area contributed by atoms with Gasteiger partial charge < -0.3 is 175 Å². The molecule has 0 aliphatic carbocycles. The molecule has 0 saturated heterocycles. The zero-order valence-corrected chi connectivity index (χ0v) is 65.6. The highest BCUT2D eigenvalue weighted by atomic mass is 16.6. The molecule has 0 spiro atoms. The van der Waals surface area contributed by atoms with E-state index in [-0.39, 0.29) is 145 Å². The number of aromatic hydroxyl groups is 26. The molecule has 0 fully saturated rings. The smallest absolute Gasteiger partial charge is 0.338 e. The Bertz CT molecular complexity index is 6210. The molecule has 4 heterocycles. The number of phenols is 26. The van der Waals surface area contributed by atoms with Gasteiger partial charge in [0.05, 0.1) is 29.4 Å². The molecule has 0 bridgehead atoms. The molecular weight excluding hydrogens is 1690 g/mol. The predicted molar refractivity (Wildman–Crippen MR) is 432 cm³/mol. The van der Waals surface area contributed by atoms with Crippen LogP contribution in [0.25, 0.3) is 0 Å². The van der Waals surface area contributed by atoms with E-state index < -0.39 is 165 Å². The monoisotopic (exact) mass is 1770 g/mol. The van der Waals surface area contributed by atoms with Crippen LogP contribution in [-0.2, 0) is 44.6 Å². The number of benzene rings is 12. The van der Waals surface area contributed by atoms with Crippen LogP contribution in [0.1, 0.15) is 110 Å². The Balaban J connectivity index is 0.000000146. The van der Waals surface area contributed by atoms with Crippen molar-refractivity contribution < 1.29 is 195 Å². The molecule has 39 nitrogen and oxygen atoms in total.